The first-order valence-electron chi connectivity index (χ1n) is 13.1. The van der Waals surface area contributed by atoms with Crippen molar-refractivity contribution in [3.05, 3.63) is 46.8 Å². The zero-order valence-electron chi connectivity index (χ0n) is 21.5. The Hall–Kier alpha value is -3.66. The van der Waals surface area contributed by atoms with Gasteiger partial charge in [-0.25, -0.2) is 14.3 Å². The number of carbonyl (C=O) groups is 1. The van der Waals surface area contributed by atoms with E-state index in [1.54, 1.807) is 11.6 Å². The fraction of sp³-hybridized carbons (Fsp3) is 0.481. The van der Waals surface area contributed by atoms with Crippen LogP contribution in [0.5, 0.6) is 5.75 Å². The third kappa shape index (κ3) is 4.19. The average molecular weight is 504 g/mol. The molecule has 10 heteroatoms. The lowest BCUT2D eigenvalue weighted by molar-refractivity contribution is -0.125. The van der Waals surface area contributed by atoms with Crippen LogP contribution < -0.4 is 15.7 Å². The molecule has 2 aliphatic rings. The Morgan fingerprint density at radius 1 is 1.08 bits per heavy atom. The number of nitrogens with zero attached hydrogens (tertiary/aromatic N) is 5. The van der Waals surface area contributed by atoms with Gasteiger partial charge in [-0.05, 0) is 60.9 Å². The highest BCUT2D eigenvalue weighted by atomic mass is 16.5. The molecule has 194 valence electrons. The van der Waals surface area contributed by atoms with E-state index in [4.69, 9.17) is 4.74 Å². The quantitative estimate of drug-likeness (QED) is 0.433. The Morgan fingerprint density at radius 2 is 1.86 bits per heavy atom. The van der Waals surface area contributed by atoms with E-state index in [2.05, 4.69) is 51.3 Å². The summed E-state index contributed by atoms with van der Waals surface area (Å²) < 4.78 is 9.27. The molecule has 2 fully saturated rings. The fourth-order valence-electron chi connectivity index (χ4n) is 6.12. The number of piperazine rings is 1. The minimum atomic E-state index is -0.0630. The SMILES string of the molecule is COc1cc(-c2cc3[nH]c(=O)n(C4CCC(N5CCNC(=O)C5)CC4)c3cc2C(C)C)cn2ncnc12. The number of carbonyl (C=O) groups excluding carboxylic acids is 1. The van der Waals surface area contributed by atoms with Crippen LogP contribution in [0, 0.1) is 0 Å². The number of pyridine rings is 1. The number of hydrogen-bond donors (Lipinski definition) is 2. The molecule has 6 rings (SSSR count). The molecule has 3 aromatic heterocycles. The second-order valence-corrected chi connectivity index (χ2v) is 10.5. The normalized spacial score (nSPS) is 21.1. The summed E-state index contributed by atoms with van der Waals surface area (Å²) in [4.78, 5) is 34.8. The molecule has 0 spiro atoms. The molecule has 2 N–H and O–H groups in total. The first-order valence-corrected chi connectivity index (χ1v) is 13.1. The maximum absolute atomic E-state index is 13.2. The van der Waals surface area contributed by atoms with Crippen LogP contribution in [-0.2, 0) is 4.79 Å². The topological polar surface area (TPSA) is 110 Å². The van der Waals surface area contributed by atoms with Gasteiger partial charge in [0.2, 0.25) is 5.91 Å². The van der Waals surface area contributed by atoms with Gasteiger partial charge in [0.15, 0.2) is 11.4 Å². The van der Waals surface area contributed by atoms with Crippen molar-refractivity contribution in [3.8, 4) is 16.9 Å². The first-order chi connectivity index (χ1) is 17.9. The van der Waals surface area contributed by atoms with E-state index >= 15 is 0 Å². The molecule has 37 heavy (non-hydrogen) atoms. The van der Waals surface area contributed by atoms with Gasteiger partial charge in [0, 0.05) is 36.9 Å². The van der Waals surface area contributed by atoms with Crippen LogP contribution >= 0.6 is 0 Å². The summed E-state index contributed by atoms with van der Waals surface area (Å²) in [6, 6.07) is 6.79. The summed E-state index contributed by atoms with van der Waals surface area (Å²) >= 11 is 0. The number of benzene rings is 1. The predicted molar refractivity (Wildman–Crippen MR) is 141 cm³/mol. The number of aromatic nitrogens is 5. The Morgan fingerprint density at radius 3 is 2.59 bits per heavy atom. The van der Waals surface area contributed by atoms with Crippen molar-refractivity contribution in [2.24, 2.45) is 0 Å². The van der Waals surface area contributed by atoms with Gasteiger partial charge in [0.25, 0.3) is 0 Å². The summed E-state index contributed by atoms with van der Waals surface area (Å²) in [6.45, 7) is 6.44. The summed E-state index contributed by atoms with van der Waals surface area (Å²) in [5.74, 6) is 1.01. The number of H-pyrrole nitrogens is 1. The van der Waals surface area contributed by atoms with Gasteiger partial charge in [0.1, 0.15) is 6.33 Å². The van der Waals surface area contributed by atoms with Gasteiger partial charge < -0.3 is 15.0 Å². The van der Waals surface area contributed by atoms with Crippen LogP contribution in [0.3, 0.4) is 0 Å². The molecule has 0 radical (unpaired) electrons. The highest BCUT2D eigenvalue weighted by Crippen LogP contribution is 2.37. The molecule has 1 saturated carbocycles. The van der Waals surface area contributed by atoms with Gasteiger partial charge in [-0.3, -0.25) is 14.3 Å². The summed E-state index contributed by atoms with van der Waals surface area (Å²) in [7, 11) is 1.63. The standard InChI is InChI=1S/C27H33N7O3/c1-16(2)20-12-23-22(11-21(20)17-10-24(37-3)26-29-15-30-33(26)13-17)31-27(36)34(23)19-6-4-18(5-7-19)32-9-8-28-25(35)14-32/h10-13,15-16,18-19H,4-9,14H2,1-3H3,(H,28,35)(H,31,36). The largest absolute Gasteiger partial charge is 0.493 e. The highest BCUT2D eigenvalue weighted by Gasteiger charge is 2.31. The lowest BCUT2D eigenvalue weighted by atomic mass is 9.89. The Balaban J connectivity index is 1.35. The van der Waals surface area contributed by atoms with Gasteiger partial charge in [0.05, 0.1) is 24.7 Å². The lowest BCUT2D eigenvalue weighted by Gasteiger charge is -2.38. The second kappa shape index (κ2) is 9.33. The zero-order chi connectivity index (χ0) is 25.7. The molecule has 1 aliphatic carbocycles. The third-order valence-corrected chi connectivity index (χ3v) is 8.00. The molecular weight excluding hydrogens is 470 g/mol. The molecule has 10 nitrogen and oxygen atoms in total. The smallest absolute Gasteiger partial charge is 0.326 e. The minimum absolute atomic E-state index is 0.0630. The molecule has 1 amide bonds. The minimum Gasteiger partial charge on any atom is -0.493 e. The molecule has 0 atom stereocenters. The lowest BCUT2D eigenvalue weighted by Crippen LogP contribution is -2.52. The van der Waals surface area contributed by atoms with Crippen LogP contribution in [0.2, 0.25) is 0 Å². The molecule has 4 aromatic rings. The van der Waals surface area contributed by atoms with E-state index in [0.29, 0.717) is 24.0 Å². The number of nitrogens with one attached hydrogen (secondary N) is 2. The van der Waals surface area contributed by atoms with E-state index in [-0.39, 0.29) is 23.6 Å². The van der Waals surface area contributed by atoms with E-state index in [0.717, 1.165) is 66.5 Å². The molecule has 0 bridgehead atoms. The van der Waals surface area contributed by atoms with Crippen LogP contribution in [0.25, 0.3) is 27.8 Å². The average Bonchev–Trinajstić information content (AvgIpc) is 3.50. The van der Waals surface area contributed by atoms with Crippen molar-refractivity contribution in [2.45, 2.75) is 57.5 Å². The monoisotopic (exact) mass is 503 g/mol. The highest BCUT2D eigenvalue weighted by molar-refractivity contribution is 5.85. The van der Waals surface area contributed by atoms with Crippen LogP contribution in [-0.4, -0.2) is 67.7 Å². The first kappa shape index (κ1) is 23.7. The maximum atomic E-state index is 13.2. The molecule has 1 saturated heterocycles. The van der Waals surface area contributed by atoms with Crippen LogP contribution in [0.4, 0.5) is 0 Å². The Bertz CT molecular complexity index is 1520. The van der Waals surface area contributed by atoms with Crippen molar-refractivity contribution < 1.29 is 9.53 Å². The molecular formula is C27H33N7O3. The van der Waals surface area contributed by atoms with E-state index in [1.807, 2.05) is 16.8 Å². The Kier molecular flexibility index (Phi) is 5.98. The number of rotatable bonds is 5. The number of ether oxygens (including phenoxy) is 1. The number of hydrogen-bond acceptors (Lipinski definition) is 6. The number of imidazole rings is 1. The van der Waals surface area contributed by atoms with Crippen LogP contribution in [0.1, 0.15) is 57.1 Å². The number of amides is 1. The molecule has 1 aromatic carbocycles. The van der Waals surface area contributed by atoms with Crippen molar-refractivity contribution >= 4 is 22.6 Å². The molecule has 1 aliphatic heterocycles. The van der Waals surface area contributed by atoms with Gasteiger partial charge in [-0.15, -0.1) is 0 Å². The summed E-state index contributed by atoms with van der Waals surface area (Å²) in [5, 5.41) is 7.22. The predicted octanol–water partition coefficient (Wildman–Crippen LogP) is 3.09. The molecule has 4 heterocycles. The van der Waals surface area contributed by atoms with Crippen molar-refractivity contribution in [3.63, 3.8) is 0 Å². The number of methoxy groups -OCH3 is 1. The van der Waals surface area contributed by atoms with Crippen molar-refractivity contribution in [2.75, 3.05) is 26.7 Å². The fourth-order valence-corrected chi connectivity index (χ4v) is 6.12. The van der Waals surface area contributed by atoms with Gasteiger partial charge in [-0.2, -0.15) is 5.10 Å². The Labute approximate surface area is 214 Å². The molecule has 0 unspecified atom stereocenters. The maximum Gasteiger partial charge on any atom is 0.326 e. The van der Waals surface area contributed by atoms with E-state index in [9.17, 15) is 9.59 Å². The second-order valence-electron chi connectivity index (χ2n) is 10.5. The number of fused-ring (bicyclic) bond motifs is 2. The van der Waals surface area contributed by atoms with E-state index in [1.165, 1.54) is 6.33 Å². The van der Waals surface area contributed by atoms with Crippen molar-refractivity contribution in [1.82, 2.24) is 34.4 Å². The number of aromatic amines is 1. The summed E-state index contributed by atoms with van der Waals surface area (Å²) in [5.41, 5.74) is 5.54. The third-order valence-electron chi connectivity index (χ3n) is 8.00. The van der Waals surface area contributed by atoms with Crippen molar-refractivity contribution in [1.29, 1.82) is 0 Å². The van der Waals surface area contributed by atoms with Crippen LogP contribution in [0.15, 0.2) is 35.5 Å². The van der Waals surface area contributed by atoms with Gasteiger partial charge >= 0.3 is 5.69 Å². The van der Waals surface area contributed by atoms with E-state index < -0.39 is 0 Å². The zero-order valence-corrected chi connectivity index (χ0v) is 21.5. The van der Waals surface area contributed by atoms with Gasteiger partial charge in [-0.1, -0.05) is 13.8 Å². The summed E-state index contributed by atoms with van der Waals surface area (Å²) in [6.07, 6.45) is 7.30.